The number of hydrogen-bond donors (Lipinski definition) is 0. The van der Waals surface area contributed by atoms with Crippen molar-refractivity contribution in [1.29, 1.82) is 0 Å². The number of sulfone groups is 1. The van der Waals surface area contributed by atoms with Crippen molar-refractivity contribution in [1.82, 2.24) is 19.6 Å². The molecule has 0 aliphatic carbocycles. The molecule has 0 unspecified atom stereocenters. The first-order valence-corrected chi connectivity index (χ1v) is 7.64. The molecule has 2 aromatic rings. The summed E-state index contributed by atoms with van der Waals surface area (Å²) in [7, 11) is -1.29. The number of carbonyl (C=O) groups is 1. The molecule has 2 aromatic heterocycles. The highest BCUT2D eigenvalue weighted by Crippen LogP contribution is 2.19. The van der Waals surface area contributed by atoms with Gasteiger partial charge in [0.15, 0.2) is 6.29 Å². The zero-order valence-electron chi connectivity index (χ0n) is 10.6. The van der Waals surface area contributed by atoms with Crippen LogP contribution >= 0.6 is 0 Å². The second-order valence-corrected chi connectivity index (χ2v) is 6.61. The third kappa shape index (κ3) is 3.28. The second-order valence-electron chi connectivity index (χ2n) is 4.35. The largest absolute Gasteiger partial charge is 0.298 e. The molecule has 8 heteroatoms. The van der Waals surface area contributed by atoms with Gasteiger partial charge in [-0.25, -0.2) is 8.42 Å². The van der Waals surface area contributed by atoms with Crippen LogP contribution in [0.5, 0.6) is 0 Å². The van der Waals surface area contributed by atoms with Gasteiger partial charge in [-0.15, -0.1) is 0 Å². The Bertz CT molecular complexity index is 699. The van der Waals surface area contributed by atoms with Gasteiger partial charge in [-0.1, -0.05) is 0 Å². The molecule has 0 saturated carbocycles. The average molecular weight is 282 g/mol. The molecule has 0 saturated heterocycles. The number of aryl methyl sites for hydroxylation is 2. The quantitative estimate of drug-likeness (QED) is 0.728. The summed E-state index contributed by atoms with van der Waals surface area (Å²) in [5.41, 5.74) is 1.65. The van der Waals surface area contributed by atoms with Crippen LogP contribution in [0.15, 0.2) is 18.6 Å². The number of aromatic nitrogens is 4. The van der Waals surface area contributed by atoms with E-state index in [1.54, 1.807) is 30.3 Å². The van der Waals surface area contributed by atoms with E-state index in [9.17, 15) is 13.2 Å². The highest BCUT2D eigenvalue weighted by atomic mass is 32.2. The highest BCUT2D eigenvalue weighted by molar-refractivity contribution is 7.90. The van der Waals surface area contributed by atoms with E-state index in [4.69, 9.17) is 0 Å². The molecule has 0 aromatic carbocycles. The Hall–Kier alpha value is -1.96. The van der Waals surface area contributed by atoms with Crippen LogP contribution in [0.2, 0.25) is 0 Å². The molecule has 2 rings (SSSR count). The van der Waals surface area contributed by atoms with E-state index in [0.717, 1.165) is 5.56 Å². The highest BCUT2D eigenvalue weighted by Gasteiger charge is 2.13. The minimum absolute atomic E-state index is 0.0144. The standard InChI is InChI=1S/C11H14N4O3S/c1-14-6-9(5-12-14)11-10(8-16)7-15(13-11)3-4-19(2,17)18/h5-8H,3-4H2,1-2H3. The third-order valence-corrected chi connectivity index (χ3v) is 3.51. The van der Waals surface area contributed by atoms with Crippen molar-refractivity contribution in [2.45, 2.75) is 6.54 Å². The molecule has 19 heavy (non-hydrogen) atoms. The molecular formula is C11H14N4O3S. The Balaban J connectivity index is 2.30. The maximum atomic E-state index is 11.1. The Morgan fingerprint density at radius 2 is 2.11 bits per heavy atom. The first kappa shape index (κ1) is 13.5. The Kier molecular flexibility index (Phi) is 3.52. The van der Waals surface area contributed by atoms with Crippen LogP contribution in [-0.2, 0) is 23.4 Å². The summed E-state index contributed by atoms with van der Waals surface area (Å²) in [6.07, 6.45) is 6.76. The molecule has 0 fully saturated rings. The van der Waals surface area contributed by atoms with Crippen molar-refractivity contribution in [3.05, 3.63) is 24.2 Å². The van der Waals surface area contributed by atoms with Crippen LogP contribution in [0.3, 0.4) is 0 Å². The van der Waals surface area contributed by atoms with Gasteiger partial charge in [-0.05, 0) is 0 Å². The molecule has 0 aliphatic rings. The van der Waals surface area contributed by atoms with Crippen LogP contribution in [0, 0.1) is 0 Å². The van der Waals surface area contributed by atoms with Crippen molar-refractivity contribution in [2.24, 2.45) is 7.05 Å². The van der Waals surface area contributed by atoms with E-state index in [0.29, 0.717) is 17.5 Å². The zero-order valence-corrected chi connectivity index (χ0v) is 11.5. The van der Waals surface area contributed by atoms with E-state index in [1.807, 2.05) is 0 Å². The Morgan fingerprint density at radius 1 is 1.37 bits per heavy atom. The first-order valence-electron chi connectivity index (χ1n) is 5.58. The van der Waals surface area contributed by atoms with Crippen LogP contribution < -0.4 is 0 Å². The van der Waals surface area contributed by atoms with E-state index in [1.165, 1.54) is 10.9 Å². The van der Waals surface area contributed by atoms with Crippen molar-refractivity contribution < 1.29 is 13.2 Å². The van der Waals surface area contributed by atoms with Gasteiger partial charge in [-0.3, -0.25) is 14.2 Å². The predicted molar refractivity (Wildman–Crippen MR) is 69.5 cm³/mol. The summed E-state index contributed by atoms with van der Waals surface area (Å²) in [6, 6.07) is 0. The Labute approximate surface area is 110 Å². The number of nitrogens with zero attached hydrogens (tertiary/aromatic N) is 4. The monoisotopic (exact) mass is 282 g/mol. The maximum absolute atomic E-state index is 11.1. The predicted octanol–water partition coefficient (Wildman–Crippen LogP) is 0.141. The molecule has 0 amide bonds. The van der Waals surface area contributed by atoms with Crippen LogP contribution in [0.1, 0.15) is 10.4 Å². The van der Waals surface area contributed by atoms with Crippen LogP contribution in [0.4, 0.5) is 0 Å². The molecule has 2 heterocycles. The molecule has 0 bridgehead atoms. The Morgan fingerprint density at radius 3 is 2.63 bits per heavy atom. The van der Waals surface area contributed by atoms with Crippen molar-refractivity contribution in [3.8, 4) is 11.3 Å². The number of rotatable bonds is 5. The lowest BCUT2D eigenvalue weighted by atomic mass is 10.2. The summed E-state index contributed by atoms with van der Waals surface area (Å²) in [5.74, 6) is -0.0144. The molecular weight excluding hydrogens is 268 g/mol. The van der Waals surface area contributed by atoms with E-state index < -0.39 is 9.84 Å². The van der Waals surface area contributed by atoms with Gasteiger partial charge in [0.25, 0.3) is 0 Å². The van der Waals surface area contributed by atoms with E-state index in [-0.39, 0.29) is 12.3 Å². The summed E-state index contributed by atoms with van der Waals surface area (Å²) in [5, 5.41) is 8.25. The normalized spacial score (nSPS) is 11.7. The summed E-state index contributed by atoms with van der Waals surface area (Å²) in [4.78, 5) is 11.0. The van der Waals surface area contributed by atoms with Gasteiger partial charge in [0.05, 0.1) is 24.1 Å². The number of aldehydes is 1. The first-order chi connectivity index (χ1) is 8.89. The van der Waals surface area contributed by atoms with E-state index >= 15 is 0 Å². The number of carbonyl (C=O) groups excluding carboxylic acids is 1. The fourth-order valence-corrected chi connectivity index (χ4v) is 2.18. The summed E-state index contributed by atoms with van der Waals surface area (Å²) in [6.45, 7) is 0.222. The van der Waals surface area contributed by atoms with E-state index in [2.05, 4.69) is 10.2 Å². The molecule has 0 aliphatic heterocycles. The second kappa shape index (κ2) is 4.96. The lowest BCUT2D eigenvalue weighted by molar-refractivity contribution is 0.112. The molecule has 0 atom stereocenters. The van der Waals surface area contributed by atoms with Crippen LogP contribution in [-0.4, -0.2) is 46.3 Å². The van der Waals surface area contributed by atoms with Crippen LogP contribution in [0.25, 0.3) is 11.3 Å². The van der Waals surface area contributed by atoms with Crippen molar-refractivity contribution >= 4 is 16.1 Å². The lowest BCUT2D eigenvalue weighted by Gasteiger charge is -1.98. The van der Waals surface area contributed by atoms with Gasteiger partial charge >= 0.3 is 0 Å². The molecule has 0 spiro atoms. The maximum Gasteiger partial charge on any atom is 0.153 e. The smallest absolute Gasteiger partial charge is 0.153 e. The minimum Gasteiger partial charge on any atom is -0.298 e. The van der Waals surface area contributed by atoms with Gasteiger partial charge < -0.3 is 0 Å². The fourth-order valence-electron chi connectivity index (χ4n) is 1.66. The SMILES string of the molecule is Cn1cc(-c2nn(CCS(C)(=O)=O)cc2C=O)cn1. The van der Waals surface area contributed by atoms with Gasteiger partial charge in [0, 0.05) is 31.3 Å². The molecule has 0 radical (unpaired) electrons. The summed E-state index contributed by atoms with van der Waals surface area (Å²) < 4.78 is 25.3. The topological polar surface area (TPSA) is 86.9 Å². The average Bonchev–Trinajstić information content (AvgIpc) is 2.91. The third-order valence-electron chi connectivity index (χ3n) is 2.59. The van der Waals surface area contributed by atoms with Gasteiger partial charge in [0.2, 0.25) is 0 Å². The minimum atomic E-state index is -3.06. The van der Waals surface area contributed by atoms with Crippen molar-refractivity contribution in [2.75, 3.05) is 12.0 Å². The van der Waals surface area contributed by atoms with Gasteiger partial charge in [0.1, 0.15) is 15.5 Å². The molecule has 102 valence electrons. The summed E-state index contributed by atoms with van der Waals surface area (Å²) >= 11 is 0. The molecule has 0 N–H and O–H groups in total. The molecule has 7 nitrogen and oxygen atoms in total. The van der Waals surface area contributed by atoms with Crippen molar-refractivity contribution in [3.63, 3.8) is 0 Å². The van der Waals surface area contributed by atoms with Gasteiger partial charge in [-0.2, -0.15) is 10.2 Å². The number of hydrogen-bond acceptors (Lipinski definition) is 5. The zero-order chi connectivity index (χ0) is 14.0. The fraction of sp³-hybridized carbons (Fsp3) is 0.364. The lowest BCUT2D eigenvalue weighted by Crippen LogP contribution is -2.11.